The highest BCUT2D eigenvalue weighted by molar-refractivity contribution is 6.39. The topological polar surface area (TPSA) is 43.1 Å². The highest BCUT2D eigenvalue weighted by Gasteiger charge is 2.47. The van der Waals surface area contributed by atoms with Crippen LogP contribution in [-0.2, 0) is 4.79 Å². The number of rotatable bonds is 0. The van der Waals surface area contributed by atoms with E-state index in [1.165, 1.54) is 0 Å². The number of carbonyl (C=O) groups excluding carboxylic acids is 1. The number of hydrogen-bond donors (Lipinski definition) is 0. The molecule has 0 N–H and O–H groups in total. The number of carbonyl (C=O) groups is 1. The van der Waals surface area contributed by atoms with Crippen molar-refractivity contribution in [2.75, 3.05) is 0 Å². The summed E-state index contributed by atoms with van der Waals surface area (Å²) in [5.74, 6) is -0.0261. The van der Waals surface area contributed by atoms with Gasteiger partial charge in [0.2, 0.25) is 11.5 Å². The lowest BCUT2D eigenvalue weighted by atomic mass is 9.73. The predicted octanol–water partition coefficient (Wildman–Crippen LogP) is 1.74. The molecule has 0 unspecified atom stereocenters. The molecule has 0 bridgehead atoms. The summed E-state index contributed by atoms with van der Waals surface area (Å²) in [7, 11) is 0. The Morgan fingerprint density at radius 1 is 1.31 bits per heavy atom. The van der Waals surface area contributed by atoms with Crippen molar-refractivity contribution in [2.45, 2.75) is 46.6 Å². The van der Waals surface area contributed by atoms with E-state index >= 15 is 0 Å². The van der Waals surface area contributed by atoms with Crippen molar-refractivity contribution in [2.24, 2.45) is 5.41 Å². The van der Waals surface area contributed by atoms with Gasteiger partial charge in [-0.25, -0.2) is 4.74 Å². The van der Waals surface area contributed by atoms with Crippen molar-refractivity contribution < 1.29 is 9.53 Å². The van der Waals surface area contributed by atoms with Gasteiger partial charge in [-0.05, 0) is 0 Å². The summed E-state index contributed by atoms with van der Waals surface area (Å²) in [5.41, 5.74) is -0.517. The molecule has 0 fully saturated rings. The van der Waals surface area contributed by atoms with Gasteiger partial charge in [-0.15, -0.1) is 0 Å². The van der Waals surface area contributed by atoms with Crippen molar-refractivity contribution in [3.63, 3.8) is 0 Å². The van der Waals surface area contributed by atoms with E-state index in [9.17, 15) is 10.0 Å². The van der Waals surface area contributed by atoms with Crippen molar-refractivity contribution in [1.82, 2.24) is 0 Å². The molecule has 3 heteroatoms. The Morgan fingerprint density at radius 2 is 1.77 bits per heavy atom. The van der Waals surface area contributed by atoms with E-state index in [0.29, 0.717) is 12.1 Å². The molecule has 1 heterocycles. The monoisotopic (exact) mass is 183 g/mol. The zero-order chi connectivity index (χ0) is 10.4. The molecular weight excluding hydrogens is 166 g/mol. The minimum atomic E-state index is -0.457. The summed E-state index contributed by atoms with van der Waals surface area (Å²) in [4.78, 5) is 11.7. The van der Waals surface area contributed by atoms with E-state index in [1.807, 2.05) is 27.7 Å². The van der Waals surface area contributed by atoms with Crippen LogP contribution in [0.1, 0.15) is 41.0 Å². The summed E-state index contributed by atoms with van der Waals surface area (Å²) in [6.45, 7) is 9.15. The fourth-order valence-electron chi connectivity index (χ4n) is 2.27. The molecule has 0 radical (unpaired) electrons. The molecule has 13 heavy (non-hydrogen) atoms. The van der Waals surface area contributed by atoms with Gasteiger partial charge in [-0.3, -0.25) is 4.79 Å². The van der Waals surface area contributed by atoms with E-state index in [4.69, 9.17) is 0 Å². The number of nitrogens with zero attached hydrogens (tertiary/aromatic N) is 1. The molecule has 1 aliphatic heterocycles. The van der Waals surface area contributed by atoms with Crippen LogP contribution < -0.4 is 0 Å². The fraction of sp³-hybridized carbons (Fsp3) is 0.800. The van der Waals surface area contributed by atoms with E-state index in [2.05, 4.69) is 0 Å². The van der Waals surface area contributed by atoms with Gasteiger partial charge in [-0.1, -0.05) is 13.8 Å². The lowest BCUT2D eigenvalue weighted by Gasteiger charge is -2.37. The molecule has 0 saturated carbocycles. The first kappa shape index (κ1) is 10.2. The minimum absolute atomic E-state index is 0.0261. The Kier molecular flexibility index (Phi) is 2.02. The summed E-state index contributed by atoms with van der Waals surface area (Å²) in [5, 5.41) is 11.6. The van der Waals surface area contributed by atoms with Crippen molar-refractivity contribution in [3.8, 4) is 0 Å². The molecule has 74 valence electrons. The molecule has 0 atom stereocenters. The molecular formula is C10H17NO2. The van der Waals surface area contributed by atoms with Crippen LogP contribution in [0.2, 0.25) is 0 Å². The fourth-order valence-corrected chi connectivity index (χ4v) is 2.27. The van der Waals surface area contributed by atoms with Gasteiger partial charge >= 0.3 is 0 Å². The first-order valence-corrected chi connectivity index (χ1v) is 4.54. The Morgan fingerprint density at radius 3 is 2.23 bits per heavy atom. The largest absolute Gasteiger partial charge is 0.623 e. The second-order valence-corrected chi connectivity index (χ2v) is 5.08. The SMILES string of the molecule is CC1=[N+]([O-])C(C)(C)CC(C)(C)C1=O. The summed E-state index contributed by atoms with van der Waals surface area (Å²) in [6, 6.07) is 0. The average molecular weight is 183 g/mol. The second-order valence-electron chi connectivity index (χ2n) is 5.08. The quantitative estimate of drug-likeness (QED) is 0.424. The van der Waals surface area contributed by atoms with Crippen LogP contribution >= 0.6 is 0 Å². The zero-order valence-corrected chi connectivity index (χ0v) is 8.97. The minimum Gasteiger partial charge on any atom is -0.623 e. The zero-order valence-electron chi connectivity index (χ0n) is 8.97. The Hall–Kier alpha value is -0.860. The lowest BCUT2D eigenvalue weighted by Crippen LogP contribution is -2.51. The van der Waals surface area contributed by atoms with Crippen molar-refractivity contribution >= 4 is 11.5 Å². The van der Waals surface area contributed by atoms with E-state index in [1.54, 1.807) is 6.92 Å². The van der Waals surface area contributed by atoms with Gasteiger partial charge in [0.25, 0.3) is 0 Å². The van der Waals surface area contributed by atoms with Crippen molar-refractivity contribution in [3.05, 3.63) is 5.21 Å². The molecule has 3 nitrogen and oxygen atoms in total. The van der Waals surface area contributed by atoms with Crippen molar-refractivity contribution in [1.29, 1.82) is 0 Å². The maximum absolute atomic E-state index is 11.7. The Bertz CT molecular complexity index is 287. The van der Waals surface area contributed by atoms with Gasteiger partial charge < -0.3 is 5.21 Å². The molecule has 0 spiro atoms. The van der Waals surface area contributed by atoms with Crippen LogP contribution in [0.4, 0.5) is 0 Å². The third-order valence-corrected chi connectivity index (χ3v) is 2.67. The molecule has 0 aromatic rings. The maximum Gasteiger partial charge on any atom is 0.228 e. The number of hydroxylamine groups is 1. The summed E-state index contributed by atoms with van der Waals surface area (Å²) >= 11 is 0. The van der Waals surface area contributed by atoms with Gasteiger partial charge in [0.05, 0.1) is 0 Å². The Balaban J connectivity index is 3.25. The van der Waals surface area contributed by atoms with Crippen LogP contribution in [0.15, 0.2) is 0 Å². The highest BCUT2D eigenvalue weighted by atomic mass is 16.5. The number of ketones is 1. The van der Waals surface area contributed by atoms with Crippen LogP contribution in [0, 0.1) is 10.6 Å². The number of Topliss-reactive ketones (excluding diaryl/α,β-unsaturated/α-hetero) is 1. The van der Waals surface area contributed by atoms with E-state index in [-0.39, 0.29) is 5.78 Å². The maximum atomic E-state index is 11.7. The normalized spacial score (nSPS) is 26.4. The molecule has 0 amide bonds. The molecule has 0 aromatic heterocycles. The summed E-state index contributed by atoms with van der Waals surface area (Å²) < 4.78 is 0.848. The Labute approximate surface area is 79.0 Å². The van der Waals surface area contributed by atoms with Gasteiger partial charge in [0, 0.05) is 32.6 Å². The third-order valence-electron chi connectivity index (χ3n) is 2.67. The molecule has 1 aliphatic rings. The lowest BCUT2D eigenvalue weighted by molar-refractivity contribution is -0.547. The summed E-state index contributed by atoms with van der Waals surface area (Å²) in [6.07, 6.45) is 0.611. The van der Waals surface area contributed by atoms with Gasteiger partial charge in [0.1, 0.15) is 0 Å². The van der Waals surface area contributed by atoms with E-state index < -0.39 is 11.0 Å². The third kappa shape index (κ3) is 1.47. The second kappa shape index (κ2) is 2.56. The van der Waals surface area contributed by atoms with Crippen LogP contribution in [-0.4, -0.2) is 21.8 Å². The molecule has 0 aliphatic carbocycles. The average Bonchev–Trinajstić information content (AvgIpc) is 1.96. The number of hydrogen-bond acceptors (Lipinski definition) is 2. The highest BCUT2D eigenvalue weighted by Crippen LogP contribution is 2.34. The van der Waals surface area contributed by atoms with Gasteiger partial charge in [-0.2, -0.15) is 0 Å². The molecule has 0 saturated heterocycles. The molecule has 0 aromatic carbocycles. The van der Waals surface area contributed by atoms with Crippen LogP contribution in [0.5, 0.6) is 0 Å². The first-order valence-electron chi connectivity index (χ1n) is 4.54. The standard InChI is InChI=1S/C10H17NO2/c1-7-8(12)9(2,3)6-10(4,5)11(7)13/h6H2,1-5H3. The van der Waals surface area contributed by atoms with E-state index in [0.717, 1.165) is 4.74 Å². The van der Waals surface area contributed by atoms with Crippen LogP contribution in [0.3, 0.4) is 0 Å². The first-order chi connectivity index (χ1) is 5.68. The predicted molar refractivity (Wildman–Crippen MR) is 51.8 cm³/mol. The van der Waals surface area contributed by atoms with Gasteiger partial charge in [0.15, 0.2) is 5.54 Å². The smallest absolute Gasteiger partial charge is 0.228 e. The molecule has 1 rings (SSSR count). The van der Waals surface area contributed by atoms with Crippen LogP contribution in [0.25, 0.3) is 0 Å².